The summed E-state index contributed by atoms with van der Waals surface area (Å²) in [7, 11) is 0. The third kappa shape index (κ3) is 2.78. The molecule has 0 radical (unpaired) electrons. The maximum Gasteiger partial charge on any atom is 0.281 e. The topological polar surface area (TPSA) is 32.3 Å². The SMILES string of the molecule is Cc1cccc(/C=C2\NC(=S)N(c3cccc(C)c3)C2=O)c1. The number of carbonyl (C=O) groups is 1. The van der Waals surface area contributed by atoms with Gasteiger partial charge in [-0.3, -0.25) is 9.69 Å². The molecule has 0 spiro atoms. The predicted molar refractivity (Wildman–Crippen MR) is 93.6 cm³/mol. The number of thiocarbonyl (C=S) groups is 1. The minimum absolute atomic E-state index is 0.128. The molecule has 1 amide bonds. The number of aryl methyl sites for hydroxylation is 2. The van der Waals surface area contributed by atoms with Crippen molar-refractivity contribution < 1.29 is 4.79 Å². The molecular formula is C18H16N2OS. The maximum atomic E-state index is 12.6. The molecule has 1 fully saturated rings. The van der Waals surface area contributed by atoms with Gasteiger partial charge < -0.3 is 5.32 Å². The summed E-state index contributed by atoms with van der Waals surface area (Å²) in [6, 6.07) is 15.7. The van der Waals surface area contributed by atoms with Crippen LogP contribution in [0, 0.1) is 13.8 Å². The highest BCUT2D eigenvalue weighted by Crippen LogP contribution is 2.23. The van der Waals surface area contributed by atoms with Gasteiger partial charge in [0.15, 0.2) is 5.11 Å². The van der Waals surface area contributed by atoms with E-state index in [1.165, 1.54) is 4.90 Å². The van der Waals surface area contributed by atoms with E-state index < -0.39 is 0 Å². The van der Waals surface area contributed by atoms with Crippen LogP contribution in [-0.4, -0.2) is 11.0 Å². The molecule has 3 nitrogen and oxygen atoms in total. The average molecular weight is 308 g/mol. The van der Waals surface area contributed by atoms with Crippen LogP contribution >= 0.6 is 12.2 Å². The summed E-state index contributed by atoms with van der Waals surface area (Å²) in [6.07, 6.45) is 1.83. The molecule has 1 aliphatic rings. The van der Waals surface area contributed by atoms with Crippen molar-refractivity contribution in [1.82, 2.24) is 5.32 Å². The number of anilines is 1. The number of nitrogens with one attached hydrogen (secondary N) is 1. The molecule has 0 bridgehead atoms. The average Bonchev–Trinajstić information content (AvgIpc) is 2.73. The largest absolute Gasteiger partial charge is 0.327 e. The summed E-state index contributed by atoms with van der Waals surface area (Å²) in [5.41, 5.74) is 4.50. The van der Waals surface area contributed by atoms with E-state index >= 15 is 0 Å². The van der Waals surface area contributed by atoms with Gasteiger partial charge in [-0.2, -0.15) is 0 Å². The van der Waals surface area contributed by atoms with E-state index in [9.17, 15) is 4.79 Å². The van der Waals surface area contributed by atoms with Crippen molar-refractivity contribution in [3.05, 3.63) is 70.9 Å². The molecule has 2 aromatic carbocycles. The smallest absolute Gasteiger partial charge is 0.281 e. The maximum absolute atomic E-state index is 12.6. The summed E-state index contributed by atoms with van der Waals surface area (Å²) in [4.78, 5) is 14.2. The van der Waals surface area contributed by atoms with Crippen molar-refractivity contribution in [3.8, 4) is 0 Å². The van der Waals surface area contributed by atoms with Crippen LogP contribution in [0.15, 0.2) is 54.2 Å². The van der Waals surface area contributed by atoms with Gasteiger partial charge >= 0.3 is 0 Å². The van der Waals surface area contributed by atoms with Gasteiger partial charge in [0.1, 0.15) is 5.70 Å². The third-order valence-corrected chi connectivity index (χ3v) is 3.78. The second-order valence-corrected chi connectivity index (χ2v) is 5.77. The second-order valence-electron chi connectivity index (χ2n) is 5.38. The third-order valence-electron chi connectivity index (χ3n) is 3.49. The fourth-order valence-corrected chi connectivity index (χ4v) is 2.76. The second kappa shape index (κ2) is 5.73. The first-order valence-corrected chi connectivity index (χ1v) is 7.46. The van der Waals surface area contributed by atoms with Gasteiger partial charge in [-0.25, -0.2) is 0 Å². The fraction of sp³-hybridized carbons (Fsp3) is 0.111. The Balaban J connectivity index is 1.95. The summed E-state index contributed by atoms with van der Waals surface area (Å²) >= 11 is 5.32. The van der Waals surface area contributed by atoms with Gasteiger partial charge in [0.25, 0.3) is 5.91 Å². The standard InChI is InChI=1S/C18H16N2OS/c1-12-5-3-7-14(9-12)11-16-17(21)20(18(22)19-16)15-8-4-6-13(2)10-15/h3-11H,1-2H3,(H,19,22)/b16-11-. The number of rotatable bonds is 2. The van der Waals surface area contributed by atoms with Gasteiger partial charge in [-0.1, -0.05) is 42.0 Å². The predicted octanol–water partition coefficient (Wildman–Crippen LogP) is 3.57. The fourth-order valence-electron chi connectivity index (χ4n) is 2.46. The van der Waals surface area contributed by atoms with E-state index in [0.717, 1.165) is 22.4 Å². The molecular weight excluding hydrogens is 292 g/mol. The van der Waals surface area contributed by atoms with Crippen molar-refractivity contribution in [2.24, 2.45) is 0 Å². The van der Waals surface area contributed by atoms with Gasteiger partial charge in [0.05, 0.1) is 5.69 Å². The number of hydrogen-bond donors (Lipinski definition) is 1. The van der Waals surface area contributed by atoms with Crippen LogP contribution in [0.25, 0.3) is 6.08 Å². The summed E-state index contributed by atoms with van der Waals surface area (Å²) in [5, 5.41) is 3.42. The number of amides is 1. The van der Waals surface area contributed by atoms with Crippen LogP contribution in [-0.2, 0) is 4.79 Å². The molecule has 0 unspecified atom stereocenters. The lowest BCUT2D eigenvalue weighted by Crippen LogP contribution is -2.30. The van der Waals surface area contributed by atoms with Crippen LogP contribution < -0.4 is 10.2 Å². The van der Waals surface area contributed by atoms with E-state index in [1.54, 1.807) is 0 Å². The lowest BCUT2D eigenvalue weighted by Gasteiger charge is -2.14. The Kier molecular flexibility index (Phi) is 3.77. The summed E-state index contributed by atoms with van der Waals surface area (Å²) in [5.74, 6) is -0.128. The van der Waals surface area contributed by atoms with Crippen LogP contribution in [0.3, 0.4) is 0 Å². The molecule has 110 valence electrons. The van der Waals surface area contributed by atoms with Gasteiger partial charge in [-0.05, 0) is 55.4 Å². The summed E-state index contributed by atoms with van der Waals surface area (Å²) in [6.45, 7) is 4.01. The molecule has 4 heteroatoms. The van der Waals surface area contributed by atoms with Crippen molar-refractivity contribution in [2.75, 3.05) is 4.90 Å². The van der Waals surface area contributed by atoms with Crippen molar-refractivity contribution in [2.45, 2.75) is 13.8 Å². The van der Waals surface area contributed by atoms with Crippen molar-refractivity contribution in [3.63, 3.8) is 0 Å². The molecule has 3 rings (SSSR count). The minimum atomic E-state index is -0.128. The Morgan fingerprint density at radius 1 is 1.05 bits per heavy atom. The quantitative estimate of drug-likeness (QED) is 0.680. The molecule has 0 atom stereocenters. The van der Waals surface area contributed by atoms with Gasteiger partial charge in [-0.15, -0.1) is 0 Å². The van der Waals surface area contributed by atoms with E-state index in [-0.39, 0.29) is 5.91 Å². The van der Waals surface area contributed by atoms with Crippen LogP contribution in [0.1, 0.15) is 16.7 Å². The van der Waals surface area contributed by atoms with Gasteiger partial charge in [0, 0.05) is 0 Å². The lowest BCUT2D eigenvalue weighted by atomic mass is 10.1. The Hall–Kier alpha value is -2.46. The van der Waals surface area contributed by atoms with E-state index in [2.05, 4.69) is 5.32 Å². The Morgan fingerprint density at radius 3 is 2.41 bits per heavy atom. The molecule has 2 aromatic rings. The molecule has 1 saturated heterocycles. The number of hydrogen-bond acceptors (Lipinski definition) is 2. The Labute approximate surface area is 135 Å². The molecule has 0 saturated carbocycles. The zero-order valence-corrected chi connectivity index (χ0v) is 13.3. The zero-order valence-electron chi connectivity index (χ0n) is 12.5. The highest BCUT2D eigenvalue weighted by atomic mass is 32.1. The highest BCUT2D eigenvalue weighted by molar-refractivity contribution is 7.80. The van der Waals surface area contributed by atoms with Crippen molar-refractivity contribution >= 4 is 35.0 Å². The zero-order chi connectivity index (χ0) is 15.7. The van der Waals surface area contributed by atoms with E-state index in [4.69, 9.17) is 12.2 Å². The molecule has 0 aliphatic carbocycles. The molecule has 0 aromatic heterocycles. The van der Waals surface area contributed by atoms with E-state index in [0.29, 0.717) is 10.8 Å². The molecule has 1 aliphatic heterocycles. The first kappa shape index (κ1) is 14.5. The van der Waals surface area contributed by atoms with E-state index in [1.807, 2.05) is 68.5 Å². The molecule has 1 N–H and O–H groups in total. The van der Waals surface area contributed by atoms with Crippen LogP contribution in [0.2, 0.25) is 0 Å². The lowest BCUT2D eigenvalue weighted by molar-refractivity contribution is -0.113. The first-order valence-electron chi connectivity index (χ1n) is 7.05. The number of nitrogens with zero attached hydrogens (tertiary/aromatic N) is 1. The molecule has 22 heavy (non-hydrogen) atoms. The summed E-state index contributed by atoms with van der Waals surface area (Å²) < 4.78 is 0. The number of carbonyl (C=O) groups excluding carboxylic acids is 1. The highest BCUT2D eigenvalue weighted by Gasteiger charge is 2.31. The normalized spacial score (nSPS) is 16.3. The van der Waals surface area contributed by atoms with Gasteiger partial charge in [0.2, 0.25) is 0 Å². The first-order chi connectivity index (χ1) is 10.5. The van der Waals surface area contributed by atoms with Crippen LogP contribution in [0.5, 0.6) is 0 Å². The molecule has 1 heterocycles. The van der Waals surface area contributed by atoms with Crippen LogP contribution in [0.4, 0.5) is 5.69 Å². The minimum Gasteiger partial charge on any atom is -0.327 e. The Bertz CT molecular complexity index is 795. The van der Waals surface area contributed by atoms with Crippen molar-refractivity contribution in [1.29, 1.82) is 0 Å². The monoisotopic (exact) mass is 308 g/mol. The number of benzene rings is 2. The Morgan fingerprint density at radius 2 is 1.73 bits per heavy atom.